The fourth-order valence-electron chi connectivity index (χ4n) is 5.15. The van der Waals surface area contributed by atoms with Crippen molar-refractivity contribution in [3.63, 3.8) is 0 Å². The molecule has 1 aliphatic carbocycles. The van der Waals surface area contributed by atoms with Crippen molar-refractivity contribution in [1.82, 2.24) is 0 Å². The molecule has 3 aromatic rings. The van der Waals surface area contributed by atoms with Crippen molar-refractivity contribution >= 4 is 41.0 Å². The van der Waals surface area contributed by atoms with Crippen LogP contribution in [-0.2, 0) is 9.59 Å². The van der Waals surface area contributed by atoms with Gasteiger partial charge < -0.3 is 16.4 Å². The number of carbonyl (C=O) groups is 2. The summed E-state index contributed by atoms with van der Waals surface area (Å²) in [6.45, 7) is 4.42. The maximum Gasteiger partial charge on any atom is 0.248 e. The molecule has 218 valence electrons. The van der Waals surface area contributed by atoms with Crippen LogP contribution < -0.4 is 16.4 Å². The number of hydrogen-bond acceptors (Lipinski definition) is 4. The lowest BCUT2D eigenvalue weighted by atomic mass is 10.0. The number of benzene rings is 3. The van der Waals surface area contributed by atoms with Gasteiger partial charge in [-0.3, -0.25) is 9.59 Å². The number of aryl methyl sites for hydroxylation is 2. The first kappa shape index (κ1) is 30.4. The smallest absolute Gasteiger partial charge is 0.248 e. The predicted octanol–water partition coefficient (Wildman–Crippen LogP) is 7.50. The van der Waals surface area contributed by atoms with Gasteiger partial charge in [0.05, 0.1) is 11.4 Å². The van der Waals surface area contributed by atoms with Gasteiger partial charge in [0.2, 0.25) is 17.9 Å². The van der Waals surface area contributed by atoms with E-state index in [0.29, 0.717) is 18.7 Å². The maximum atomic E-state index is 13.1. The summed E-state index contributed by atoms with van der Waals surface area (Å²) in [7, 11) is 0. The summed E-state index contributed by atoms with van der Waals surface area (Å²) in [6.07, 6.45) is 11.8. The fraction of sp³-hybridized carbons (Fsp3) is 0.294. The Kier molecular flexibility index (Phi) is 10.4. The lowest BCUT2D eigenvalue weighted by Crippen LogP contribution is -2.15. The summed E-state index contributed by atoms with van der Waals surface area (Å²) in [4.78, 5) is 37.3. The molecule has 0 spiro atoms. The SMILES string of the molecule is Cc1cc(C)cc(NC(=O)/C=C/c2ccc3c(c2)C=CC3[N+](=O)CCCCCCCC(=O)Nc2ccc(F)cc2N)c1. The monoisotopic (exact) mass is 569 g/mol. The Balaban J connectivity index is 1.15. The molecule has 1 atom stereocenters. The summed E-state index contributed by atoms with van der Waals surface area (Å²) in [5, 5.41) is 5.62. The highest BCUT2D eigenvalue weighted by atomic mass is 19.1. The number of anilines is 3. The molecule has 4 rings (SSSR count). The lowest BCUT2D eigenvalue weighted by molar-refractivity contribution is -0.580. The molecule has 0 aliphatic heterocycles. The number of amides is 2. The van der Waals surface area contributed by atoms with Gasteiger partial charge >= 0.3 is 0 Å². The molecule has 7 nitrogen and oxygen atoms in total. The number of nitrogen functional groups attached to an aromatic ring is 1. The molecule has 42 heavy (non-hydrogen) atoms. The minimum Gasteiger partial charge on any atom is -0.397 e. The van der Waals surface area contributed by atoms with Gasteiger partial charge in [0.1, 0.15) is 5.82 Å². The van der Waals surface area contributed by atoms with Gasteiger partial charge in [-0.1, -0.05) is 37.1 Å². The van der Waals surface area contributed by atoms with Gasteiger partial charge in [0.15, 0.2) is 6.54 Å². The second-order valence-corrected chi connectivity index (χ2v) is 10.8. The van der Waals surface area contributed by atoms with E-state index in [1.54, 1.807) is 6.08 Å². The first-order chi connectivity index (χ1) is 20.2. The summed E-state index contributed by atoms with van der Waals surface area (Å²) < 4.78 is 14.3. The van der Waals surface area contributed by atoms with Gasteiger partial charge in [0, 0.05) is 39.8 Å². The van der Waals surface area contributed by atoms with Gasteiger partial charge in [-0.15, -0.1) is 0 Å². The third-order valence-corrected chi connectivity index (χ3v) is 7.18. The van der Waals surface area contributed by atoms with Crippen molar-refractivity contribution in [3.8, 4) is 0 Å². The molecular weight excluding hydrogens is 531 g/mol. The Morgan fingerprint density at radius 2 is 1.67 bits per heavy atom. The van der Waals surface area contributed by atoms with E-state index in [4.69, 9.17) is 5.73 Å². The summed E-state index contributed by atoms with van der Waals surface area (Å²) in [6, 6.07) is 15.4. The van der Waals surface area contributed by atoms with E-state index < -0.39 is 5.82 Å². The van der Waals surface area contributed by atoms with E-state index >= 15 is 0 Å². The van der Waals surface area contributed by atoms with Crippen molar-refractivity contribution < 1.29 is 18.7 Å². The van der Waals surface area contributed by atoms with Crippen LogP contribution in [0.3, 0.4) is 0 Å². The molecule has 3 aromatic carbocycles. The number of halogens is 1. The number of nitrogens with two attached hydrogens (primary N) is 1. The van der Waals surface area contributed by atoms with Crippen molar-refractivity contribution in [1.29, 1.82) is 0 Å². The molecule has 2 amide bonds. The molecule has 0 radical (unpaired) electrons. The van der Waals surface area contributed by atoms with Crippen LogP contribution in [0.4, 0.5) is 21.5 Å². The Labute approximate surface area is 246 Å². The molecular formula is C34H38FN4O3+. The highest BCUT2D eigenvalue weighted by Crippen LogP contribution is 2.32. The van der Waals surface area contributed by atoms with Crippen molar-refractivity contribution in [2.24, 2.45) is 0 Å². The molecule has 1 aliphatic rings. The Morgan fingerprint density at radius 3 is 2.43 bits per heavy atom. The van der Waals surface area contributed by atoms with Gasteiger partial charge in [0.25, 0.3) is 0 Å². The topological polar surface area (TPSA) is 104 Å². The summed E-state index contributed by atoms with van der Waals surface area (Å²) >= 11 is 0. The standard InChI is InChI=1S/C34H37FN4O3/c1-23-18-24(2)20-28(19-23)37-34(41)16-10-25-9-13-29-26(21-25)11-15-32(29)39(42)17-7-5-3-4-6-8-33(40)38-31-14-12-27(35)22-30(31)36/h9-16,18-22,32H,3-8,17,36H2,1-2H3,(H-,37,38,40,41)/p+1/b16-10+. The zero-order valence-corrected chi connectivity index (χ0v) is 24.2. The number of hydrogen-bond donors (Lipinski definition) is 3. The van der Waals surface area contributed by atoms with Gasteiger partial charge in [-0.25, -0.2) is 4.39 Å². The van der Waals surface area contributed by atoms with Crippen molar-refractivity contribution in [2.75, 3.05) is 22.9 Å². The molecule has 0 bridgehead atoms. The number of carbonyl (C=O) groups excluding carboxylic acids is 2. The van der Waals surface area contributed by atoms with E-state index in [1.165, 1.54) is 24.3 Å². The number of fused-ring (bicyclic) bond motifs is 1. The van der Waals surface area contributed by atoms with Gasteiger partial charge in [-0.2, -0.15) is 0 Å². The normalized spacial score (nSPS) is 13.7. The number of rotatable bonds is 13. The van der Waals surface area contributed by atoms with Crippen LogP contribution in [0.2, 0.25) is 0 Å². The number of nitroso groups, excluding NO2 is 1. The van der Waals surface area contributed by atoms with Crippen LogP contribution in [0.25, 0.3) is 12.2 Å². The van der Waals surface area contributed by atoms with Crippen LogP contribution in [0, 0.1) is 24.6 Å². The molecule has 1 unspecified atom stereocenters. The quantitative estimate of drug-likeness (QED) is 0.0858. The average molecular weight is 570 g/mol. The van der Waals surface area contributed by atoms with E-state index in [-0.39, 0.29) is 23.5 Å². The van der Waals surface area contributed by atoms with Crippen LogP contribution in [0.1, 0.15) is 72.4 Å². The largest absolute Gasteiger partial charge is 0.397 e. The minimum absolute atomic E-state index is 0.148. The zero-order chi connectivity index (χ0) is 30.1. The lowest BCUT2D eigenvalue weighted by Gasteiger charge is -2.08. The minimum atomic E-state index is -0.440. The Bertz CT molecular complexity index is 1510. The highest BCUT2D eigenvalue weighted by Gasteiger charge is 2.29. The average Bonchev–Trinajstić information content (AvgIpc) is 3.36. The summed E-state index contributed by atoms with van der Waals surface area (Å²) in [5.74, 6) is -0.785. The Morgan fingerprint density at radius 1 is 0.929 bits per heavy atom. The molecule has 0 fully saturated rings. The molecule has 0 aromatic heterocycles. The van der Waals surface area contributed by atoms with Crippen LogP contribution in [0.5, 0.6) is 0 Å². The molecule has 8 heteroatoms. The Hall–Kier alpha value is -4.59. The van der Waals surface area contributed by atoms with Crippen molar-refractivity contribution in [3.05, 3.63) is 105 Å². The number of nitrogens with one attached hydrogen (secondary N) is 2. The van der Waals surface area contributed by atoms with E-state index in [1.807, 2.05) is 56.3 Å². The van der Waals surface area contributed by atoms with E-state index in [0.717, 1.165) is 70.4 Å². The second-order valence-electron chi connectivity index (χ2n) is 10.8. The first-order valence-corrected chi connectivity index (χ1v) is 14.4. The number of nitrogens with zero attached hydrogens (tertiary/aromatic N) is 1. The first-order valence-electron chi connectivity index (χ1n) is 14.4. The fourth-order valence-corrected chi connectivity index (χ4v) is 5.15. The van der Waals surface area contributed by atoms with E-state index in [9.17, 15) is 18.9 Å². The van der Waals surface area contributed by atoms with Crippen LogP contribution in [0.15, 0.2) is 66.7 Å². The molecule has 0 heterocycles. The van der Waals surface area contributed by atoms with Crippen molar-refractivity contribution in [2.45, 2.75) is 58.4 Å². The molecule has 0 saturated carbocycles. The zero-order valence-electron chi connectivity index (χ0n) is 24.2. The van der Waals surface area contributed by atoms with Crippen LogP contribution in [-0.4, -0.2) is 23.1 Å². The third kappa shape index (κ3) is 8.70. The third-order valence-electron chi connectivity index (χ3n) is 7.18. The second kappa shape index (κ2) is 14.3. The van der Waals surface area contributed by atoms with Gasteiger partial charge in [-0.05, 0) is 97.5 Å². The molecule has 4 N–H and O–H groups in total. The molecule has 0 saturated heterocycles. The summed E-state index contributed by atoms with van der Waals surface area (Å²) in [5.41, 5.74) is 12.2. The van der Waals surface area contributed by atoms with Crippen LogP contribution >= 0.6 is 0 Å². The maximum absolute atomic E-state index is 13.1. The predicted molar refractivity (Wildman–Crippen MR) is 167 cm³/mol. The highest BCUT2D eigenvalue weighted by molar-refractivity contribution is 6.02. The van der Waals surface area contributed by atoms with E-state index in [2.05, 4.69) is 16.7 Å². The number of unbranched alkanes of at least 4 members (excludes halogenated alkanes) is 4.